The van der Waals surface area contributed by atoms with E-state index in [-0.39, 0.29) is 23.9 Å². The summed E-state index contributed by atoms with van der Waals surface area (Å²) >= 11 is 0. The number of amides is 1. The van der Waals surface area contributed by atoms with Crippen LogP contribution in [0.2, 0.25) is 0 Å². The lowest BCUT2D eigenvalue weighted by atomic mass is 10.0. The summed E-state index contributed by atoms with van der Waals surface area (Å²) in [4.78, 5) is 24.0. The molecule has 1 amide bonds. The van der Waals surface area contributed by atoms with Gasteiger partial charge in [-0.2, -0.15) is 0 Å². The topological polar surface area (TPSA) is 126 Å². The summed E-state index contributed by atoms with van der Waals surface area (Å²) in [5.74, 6) is -1.26. The molecule has 9 nitrogen and oxygen atoms in total. The van der Waals surface area contributed by atoms with Gasteiger partial charge in [0, 0.05) is 37.2 Å². The second-order valence-corrected chi connectivity index (χ2v) is 12.9. The lowest BCUT2D eigenvalue weighted by Gasteiger charge is -2.25. The maximum atomic E-state index is 13.6. The number of unbranched alkanes of at least 4 members (excludes halogenated alkanes) is 1. The first-order valence-electron chi connectivity index (χ1n) is 14.5. The number of fused-ring (bicyclic) bond motifs is 1. The maximum absolute atomic E-state index is 13.6. The third-order valence-corrected chi connectivity index (χ3v) is 8.90. The highest BCUT2D eigenvalue weighted by molar-refractivity contribution is 7.92. The zero-order valence-electron chi connectivity index (χ0n) is 24.6. The number of carboxylic acids is 1. The second-order valence-electron chi connectivity index (χ2n) is 11.0. The zero-order chi connectivity index (χ0) is 31.4. The van der Waals surface area contributed by atoms with Gasteiger partial charge in [-0.3, -0.25) is 9.10 Å². The normalized spacial score (nSPS) is 13.2. The molecule has 2 N–H and O–H groups in total. The fourth-order valence-electron chi connectivity index (χ4n) is 5.27. The third-order valence-electron chi connectivity index (χ3n) is 7.72. The number of nitrogens with zero attached hydrogens (tertiary/aromatic N) is 1. The molecule has 1 aliphatic carbocycles. The largest absolute Gasteiger partial charge is 0.478 e. The summed E-state index contributed by atoms with van der Waals surface area (Å²) in [5, 5.41) is 12.3. The van der Waals surface area contributed by atoms with Crippen LogP contribution >= 0.6 is 0 Å². The van der Waals surface area contributed by atoms with Gasteiger partial charge in [-0.25, -0.2) is 17.6 Å². The summed E-state index contributed by atoms with van der Waals surface area (Å²) < 4.78 is 53.1. The molecule has 0 spiro atoms. The van der Waals surface area contributed by atoms with Crippen molar-refractivity contribution in [3.8, 4) is 11.3 Å². The Bertz CT molecular complexity index is 1760. The third kappa shape index (κ3) is 7.11. The van der Waals surface area contributed by atoms with E-state index in [9.17, 15) is 22.4 Å². The predicted octanol–water partition coefficient (Wildman–Crippen LogP) is 5.98. The van der Waals surface area contributed by atoms with Crippen molar-refractivity contribution in [1.29, 1.82) is 0 Å². The minimum Gasteiger partial charge on any atom is -0.478 e. The van der Waals surface area contributed by atoms with Crippen LogP contribution in [-0.2, 0) is 21.2 Å². The van der Waals surface area contributed by atoms with Gasteiger partial charge in [0.15, 0.2) is 0 Å². The second kappa shape index (κ2) is 13.2. The Balaban J connectivity index is 1.33. The summed E-state index contributed by atoms with van der Waals surface area (Å²) in [6.45, 7) is 1.17. The van der Waals surface area contributed by atoms with Crippen LogP contribution in [0.3, 0.4) is 0 Å². The number of ether oxygens (including phenoxy) is 1. The molecule has 4 aromatic rings. The molecule has 0 aliphatic heterocycles. The predicted molar refractivity (Wildman–Crippen MR) is 166 cm³/mol. The Labute approximate surface area is 255 Å². The van der Waals surface area contributed by atoms with E-state index < -0.39 is 21.8 Å². The molecule has 11 heteroatoms. The summed E-state index contributed by atoms with van der Waals surface area (Å²) in [5.41, 5.74) is 3.83. The molecule has 1 heterocycles. The van der Waals surface area contributed by atoms with Crippen molar-refractivity contribution in [3.05, 3.63) is 88.7 Å². The van der Waals surface area contributed by atoms with E-state index >= 15 is 0 Å². The van der Waals surface area contributed by atoms with Crippen LogP contribution in [0, 0.1) is 5.82 Å². The molecule has 0 unspecified atom stereocenters. The van der Waals surface area contributed by atoms with Gasteiger partial charge in [0.05, 0.1) is 29.7 Å². The number of sulfonamides is 1. The van der Waals surface area contributed by atoms with Crippen LogP contribution in [0.4, 0.5) is 10.1 Å². The summed E-state index contributed by atoms with van der Waals surface area (Å²) in [6, 6.07) is 15.9. The highest BCUT2D eigenvalue weighted by atomic mass is 32.2. The first-order chi connectivity index (χ1) is 21.1. The Morgan fingerprint density at radius 2 is 1.75 bits per heavy atom. The molecule has 5 rings (SSSR count). The van der Waals surface area contributed by atoms with E-state index in [1.54, 1.807) is 42.5 Å². The molecular weight excluding hydrogens is 587 g/mol. The lowest BCUT2D eigenvalue weighted by Crippen LogP contribution is -2.32. The van der Waals surface area contributed by atoms with Crippen molar-refractivity contribution in [2.75, 3.05) is 37.4 Å². The van der Waals surface area contributed by atoms with E-state index in [4.69, 9.17) is 14.3 Å². The van der Waals surface area contributed by atoms with Crippen LogP contribution in [0.25, 0.3) is 22.3 Å². The molecule has 232 valence electrons. The van der Waals surface area contributed by atoms with Gasteiger partial charge >= 0.3 is 5.97 Å². The molecule has 1 saturated carbocycles. The molecule has 1 aliphatic rings. The van der Waals surface area contributed by atoms with Gasteiger partial charge in [0.1, 0.15) is 17.2 Å². The zero-order valence-corrected chi connectivity index (χ0v) is 25.5. The number of nitrogens with one attached hydrogen (secondary N) is 1. The molecule has 0 bridgehead atoms. The summed E-state index contributed by atoms with van der Waals surface area (Å²) in [7, 11) is -2.12. The van der Waals surface area contributed by atoms with Gasteiger partial charge in [-0.05, 0) is 91.6 Å². The standard InChI is InChI=1S/C33H35FN2O7S/c1-35-32(37)30-27-19-26(22-9-10-22)28(20-29(27)43-31(30)23-11-13-25(34)14-12-23)36(44(2,40)41)16-3-4-17-42-18-15-21-5-7-24(8-6-21)33(38)39/h5-8,11-14,19-20,22H,3-4,9-10,15-18H2,1-2H3,(H,35,37)(H,38,39). The Morgan fingerprint density at radius 3 is 2.36 bits per heavy atom. The number of aromatic carboxylic acids is 1. The molecule has 0 radical (unpaired) electrons. The number of carbonyl (C=O) groups is 2. The van der Waals surface area contributed by atoms with Crippen LogP contribution in [-0.4, -0.2) is 58.5 Å². The van der Waals surface area contributed by atoms with Crippen LogP contribution in [0.1, 0.15) is 63.4 Å². The molecule has 0 saturated heterocycles. The van der Waals surface area contributed by atoms with E-state index in [1.165, 1.54) is 29.7 Å². The highest BCUT2D eigenvalue weighted by Crippen LogP contribution is 2.48. The number of carboxylic acid groups (broad SMARTS) is 1. The Hall–Kier alpha value is -4.22. The first kappa shape index (κ1) is 31.2. The average Bonchev–Trinajstić information content (AvgIpc) is 3.78. The van der Waals surface area contributed by atoms with Crippen molar-refractivity contribution in [2.24, 2.45) is 0 Å². The number of carbonyl (C=O) groups excluding carboxylic acids is 1. The molecule has 44 heavy (non-hydrogen) atoms. The monoisotopic (exact) mass is 622 g/mol. The van der Waals surface area contributed by atoms with E-state index in [0.717, 1.165) is 24.0 Å². The van der Waals surface area contributed by atoms with Gasteiger partial charge in [0.2, 0.25) is 10.0 Å². The van der Waals surface area contributed by atoms with Crippen LogP contribution in [0.15, 0.2) is 65.1 Å². The number of furan rings is 1. The fraction of sp³-hybridized carbons (Fsp3) is 0.333. The van der Waals surface area contributed by atoms with Crippen molar-refractivity contribution in [1.82, 2.24) is 5.32 Å². The minimum absolute atomic E-state index is 0.174. The molecule has 0 atom stereocenters. The number of rotatable bonds is 14. The minimum atomic E-state index is -3.65. The Kier molecular flexibility index (Phi) is 9.36. The summed E-state index contributed by atoms with van der Waals surface area (Å²) in [6.07, 6.45) is 4.86. The fourth-order valence-corrected chi connectivity index (χ4v) is 6.25. The van der Waals surface area contributed by atoms with Crippen LogP contribution < -0.4 is 9.62 Å². The van der Waals surface area contributed by atoms with Gasteiger partial charge < -0.3 is 19.6 Å². The van der Waals surface area contributed by atoms with Gasteiger partial charge in [0.25, 0.3) is 5.91 Å². The molecular formula is C33H35FN2O7S. The van der Waals surface area contributed by atoms with E-state index in [1.807, 2.05) is 6.07 Å². The number of hydrogen-bond acceptors (Lipinski definition) is 6. The molecule has 1 fully saturated rings. The van der Waals surface area contributed by atoms with E-state index in [0.29, 0.717) is 66.0 Å². The first-order valence-corrected chi connectivity index (χ1v) is 16.4. The van der Waals surface area contributed by atoms with Crippen molar-refractivity contribution in [3.63, 3.8) is 0 Å². The van der Waals surface area contributed by atoms with Crippen molar-refractivity contribution in [2.45, 2.75) is 38.0 Å². The maximum Gasteiger partial charge on any atom is 0.335 e. The number of benzene rings is 3. The molecule has 1 aromatic heterocycles. The SMILES string of the molecule is CNC(=O)c1c(-c2ccc(F)cc2)oc2cc(N(CCCCOCCc3ccc(C(=O)O)cc3)S(C)(=O)=O)c(C3CC3)cc12. The quantitative estimate of drug-likeness (QED) is 0.166. The number of anilines is 1. The molecule has 3 aromatic carbocycles. The smallest absolute Gasteiger partial charge is 0.335 e. The van der Waals surface area contributed by atoms with Gasteiger partial charge in [-0.15, -0.1) is 0 Å². The highest BCUT2D eigenvalue weighted by Gasteiger charge is 2.33. The van der Waals surface area contributed by atoms with Crippen molar-refractivity contribution < 1.29 is 36.7 Å². The lowest BCUT2D eigenvalue weighted by molar-refractivity contribution is 0.0696. The number of hydrogen-bond donors (Lipinski definition) is 2. The Morgan fingerprint density at radius 1 is 1.05 bits per heavy atom. The number of halogens is 1. The van der Waals surface area contributed by atoms with E-state index in [2.05, 4.69) is 5.32 Å². The average molecular weight is 623 g/mol. The van der Waals surface area contributed by atoms with Crippen LogP contribution in [0.5, 0.6) is 0 Å². The van der Waals surface area contributed by atoms with Gasteiger partial charge in [-0.1, -0.05) is 12.1 Å². The van der Waals surface area contributed by atoms with Crippen molar-refractivity contribution >= 4 is 38.6 Å².